The Bertz CT molecular complexity index is 252. The minimum absolute atomic E-state index is 0.345. The summed E-state index contributed by atoms with van der Waals surface area (Å²) >= 11 is 0. The lowest BCUT2D eigenvalue weighted by Gasteiger charge is -2.35. The first kappa shape index (κ1) is 19.8. The second kappa shape index (κ2) is 7.74. The van der Waals surface area contributed by atoms with Crippen molar-refractivity contribution >= 4 is 0 Å². The van der Waals surface area contributed by atoms with Gasteiger partial charge in [0.25, 0.3) is 0 Å². The Hall–Kier alpha value is -0.160. The van der Waals surface area contributed by atoms with Crippen LogP contribution in [0.5, 0.6) is 0 Å². The molecule has 4 nitrogen and oxygen atoms in total. The van der Waals surface area contributed by atoms with E-state index in [1.807, 2.05) is 34.6 Å². The molecule has 20 heavy (non-hydrogen) atoms. The standard InChI is InChI=1S/C16H34O4/c1-10-14(5,6)17-19-16(9,12-13(3)4)20-18-15(7,8)11-2/h13H,10-12H2,1-9H3. The van der Waals surface area contributed by atoms with Crippen LogP contribution in [0, 0.1) is 5.92 Å². The lowest BCUT2D eigenvalue weighted by Crippen LogP contribution is -2.40. The third-order valence-corrected chi connectivity index (χ3v) is 3.37. The molecule has 0 atom stereocenters. The van der Waals surface area contributed by atoms with E-state index < -0.39 is 5.79 Å². The molecule has 122 valence electrons. The Balaban J connectivity index is 4.66. The van der Waals surface area contributed by atoms with Crippen LogP contribution in [0.1, 0.15) is 81.6 Å². The number of rotatable bonds is 10. The lowest BCUT2D eigenvalue weighted by atomic mass is 10.0. The molecule has 0 saturated carbocycles. The Morgan fingerprint density at radius 1 is 0.700 bits per heavy atom. The van der Waals surface area contributed by atoms with Crippen molar-refractivity contribution in [2.75, 3.05) is 0 Å². The largest absolute Gasteiger partial charge is 0.231 e. The van der Waals surface area contributed by atoms with Gasteiger partial charge in [0, 0.05) is 6.42 Å². The van der Waals surface area contributed by atoms with Crippen LogP contribution in [0.15, 0.2) is 0 Å². The van der Waals surface area contributed by atoms with Crippen LogP contribution in [-0.2, 0) is 19.6 Å². The summed E-state index contributed by atoms with van der Waals surface area (Å²) in [5.74, 6) is -0.505. The number of hydrogen-bond acceptors (Lipinski definition) is 4. The van der Waals surface area contributed by atoms with E-state index in [0.29, 0.717) is 12.3 Å². The van der Waals surface area contributed by atoms with E-state index in [1.165, 1.54) is 0 Å². The Labute approximate surface area is 125 Å². The van der Waals surface area contributed by atoms with Gasteiger partial charge in [0.15, 0.2) is 0 Å². The molecule has 0 aliphatic rings. The summed E-state index contributed by atoms with van der Waals surface area (Å²) in [5.41, 5.74) is -0.691. The van der Waals surface area contributed by atoms with Crippen LogP contribution in [0.3, 0.4) is 0 Å². The van der Waals surface area contributed by atoms with Crippen molar-refractivity contribution in [3.63, 3.8) is 0 Å². The van der Waals surface area contributed by atoms with Gasteiger partial charge >= 0.3 is 0 Å². The highest BCUT2D eigenvalue weighted by Crippen LogP contribution is 2.29. The minimum atomic E-state index is -0.910. The van der Waals surface area contributed by atoms with E-state index in [2.05, 4.69) is 27.7 Å². The average molecular weight is 290 g/mol. The second-order valence-corrected chi connectivity index (χ2v) is 7.29. The van der Waals surface area contributed by atoms with Gasteiger partial charge in [0.05, 0.1) is 11.2 Å². The molecule has 0 fully saturated rings. The van der Waals surface area contributed by atoms with E-state index in [1.54, 1.807) is 0 Å². The molecule has 0 aliphatic heterocycles. The van der Waals surface area contributed by atoms with Crippen LogP contribution >= 0.6 is 0 Å². The summed E-state index contributed by atoms with van der Waals surface area (Å²) in [6.45, 7) is 18.1. The summed E-state index contributed by atoms with van der Waals surface area (Å²) in [4.78, 5) is 22.3. The topological polar surface area (TPSA) is 36.9 Å². The molecule has 0 spiro atoms. The highest BCUT2D eigenvalue weighted by Gasteiger charge is 2.35. The van der Waals surface area contributed by atoms with Gasteiger partial charge in [-0.1, -0.05) is 27.7 Å². The van der Waals surface area contributed by atoms with Gasteiger partial charge < -0.3 is 0 Å². The van der Waals surface area contributed by atoms with Crippen molar-refractivity contribution in [1.82, 2.24) is 0 Å². The van der Waals surface area contributed by atoms with Crippen molar-refractivity contribution < 1.29 is 19.6 Å². The van der Waals surface area contributed by atoms with E-state index in [0.717, 1.165) is 12.8 Å². The van der Waals surface area contributed by atoms with Gasteiger partial charge in [-0.05, 0) is 53.4 Å². The first-order valence-electron chi connectivity index (χ1n) is 7.69. The smallest absolute Gasteiger partial charge is 0.228 e. The first-order chi connectivity index (χ1) is 8.95. The molecule has 0 aromatic rings. The molecule has 0 aromatic carbocycles. The molecule has 0 rings (SSSR count). The Morgan fingerprint density at radius 2 is 1.05 bits per heavy atom. The fourth-order valence-corrected chi connectivity index (χ4v) is 1.34. The molecule has 4 heteroatoms. The molecule has 0 bridgehead atoms. The molecular formula is C16H34O4. The molecule has 0 radical (unpaired) electrons. The summed E-state index contributed by atoms with van der Waals surface area (Å²) < 4.78 is 0. The summed E-state index contributed by atoms with van der Waals surface area (Å²) in [7, 11) is 0. The monoisotopic (exact) mass is 290 g/mol. The Morgan fingerprint density at radius 3 is 1.30 bits per heavy atom. The van der Waals surface area contributed by atoms with E-state index in [-0.39, 0.29) is 11.2 Å². The fourth-order valence-electron chi connectivity index (χ4n) is 1.34. The van der Waals surface area contributed by atoms with E-state index in [9.17, 15) is 0 Å². The molecule has 0 amide bonds. The maximum atomic E-state index is 5.59. The summed E-state index contributed by atoms with van der Waals surface area (Å²) in [6, 6.07) is 0. The van der Waals surface area contributed by atoms with Crippen LogP contribution in [0.2, 0.25) is 0 Å². The van der Waals surface area contributed by atoms with Gasteiger partial charge in [0.1, 0.15) is 0 Å². The minimum Gasteiger partial charge on any atom is -0.228 e. The zero-order valence-corrected chi connectivity index (χ0v) is 14.8. The van der Waals surface area contributed by atoms with Gasteiger partial charge in [-0.2, -0.15) is 9.78 Å². The quantitative estimate of drug-likeness (QED) is 0.321. The molecular weight excluding hydrogens is 256 g/mol. The zero-order valence-electron chi connectivity index (χ0n) is 14.8. The zero-order chi connectivity index (χ0) is 16.0. The third kappa shape index (κ3) is 8.20. The van der Waals surface area contributed by atoms with Gasteiger partial charge in [0.2, 0.25) is 5.79 Å². The predicted molar refractivity (Wildman–Crippen MR) is 80.9 cm³/mol. The van der Waals surface area contributed by atoms with Crippen LogP contribution in [0.25, 0.3) is 0 Å². The van der Waals surface area contributed by atoms with Gasteiger partial charge in [-0.15, -0.1) is 0 Å². The van der Waals surface area contributed by atoms with E-state index >= 15 is 0 Å². The van der Waals surface area contributed by atoms with Crippen molar-refractivity contribution in [2.24, 2.45) is 5.92 Å². The first-order valence-corrected chi connectivity index (χ1v) is 7.69. The van der Waals surface area contributed by atoms with Crippen LogP contribution in [-0.4, -0.2) is 17.0 Å². The molecule has 0 aliphatic carbocycles. The van der Waals surface area contributed by atoms with Crippen molar-refractivity contribution in [3.05, 3.63) is 0 Å². The van der Waals surface area contributed by atoms with Crippen LogP contribution in [0.4, 0.5) is 0 Å². The maximum absolute atomic E-state index is 5.59. The predicted octanol–water partition coefficient (Wildman–Crippen LogP) is 5.02. The van der Waals surface area contributed by atoms with Crippen molar-refractivity contribution in [2.45, 2.75) is 98.6 Å². The SMILES string of the molecule is CCC(C)(C)OOC(C)(CC(C)C)OOC(C)(C)CC. The molecule has 0 saturated heterocycles. The molecule has 0 unspecified atom stereocenters. The summed E-state index contributed by atoms with van der Waals surface area (Å²) in [5, 5.41) is 0. The highest BCUT2D eigenvalue weighted by atomic mass is 17.3. The average Bonchev–Trinajstić information content (AvgIpc) is 2.34. The van der Waals surface area contributed by atoms with Crippen molar-refractivity contribution in [3.8, 4) is 0 Å². The van der Waals surface area contributed by atoms with E-state index in [4.69, 9.17) is 19.6 Å². The molecule has 0 heterocycles. The number of hydrogen-bond donors (Lipinski definition) is 0. The van der Waals surface area contributed by atoms with Crippen molar-refractivity contribution in [1.29, 1.82) is 0 Å². The van der Waals surface area contributed by atoms with Gasteiger partial charge in [-0.3, -0.25) is 0 Å². The molecule has 0 N–H and O–H groups in total. The van der Waals surface area contributed by atoms with Gasteiger partial charge in [-0.25, -0.2) is 9.78 Å². The lowest BCUT2D eigenvalue weighted by molar-refractivity contribution is -0.541. The fraction of sp³-hybridized carbons (Fsp3) is 1.00. The maximum Gasteiger partial charge on any atom is 0.231 e. The summed E-state index contributed by atoms with van der Waals surface area (Å²) in [6.07, 6.45) is 2.39. The third-order valence-electron chi connectivity index (χ3n) is 3.37. The normalized spacial score (nSPS) is 14.1. The molecule has 0 aromatic heterocycles. The highest BCUT2D eigenvalue weighted by molar-refractivity contribution is 4.67. The second-order valence-electron chi connectivity index (χ2n) is 7.29. The van der Waals surface area contributed by atoms with Crippen LogP contribution < -0.4 is 0 Å². The Kier molecular flexibility index (Phi) is 7.67.